The molecule has 0 aliphatic rings. The van der Waals surface area contributed by atoms with Crippen molar-refractivity contribution in [3.63, 3.8) is 0 Å². The summed E-state index contributed by atoms with van der Waals surface area (Å²) >= 11 is 0. The molecule has 3 heterocycles. The number of fused-ring (bicyclic) bond motifs is 1. The van der Waals surface area contributed by atoms with Gasteiger partial charge in [0, 0.05) is 6.20 Å². The van der Waals surface area contributed by atoms with E-state index in [1.807, 2.05) is 42.5 Å². The zero-order valence-electron chi connectivity index (χ0n) is 13.0. The van der Waals surface area contributed by atoms with E-state index in [9.17, 15) is 0 Å². The van der Waals surface area contributed by atoms with E-state index in [4.69, 9.17) is 4.98 Å². The maximum atomic E-state index is 4.70. The maximum Gasteiger partial charge on any atom is 0.157 e. The number of hydrogen-bond donors (Lipinski definition) is 1. The van der Waals surface area contributed by atoms with Gasteiger partial charge in [-0.05, 0) is 55.3 Å². The fourth-order valence-electron chi connectivity index (χ4n) is 2.66. The number of aryl methyl sites for hydroxylation is 2. The maximum absolute atomic E-state index is 4.70. The molecule has 1 N–H and O–H groups in total. The predicted molar refractivity (Wildman–Crippen MR) is 92.0 cm³/mol. The third kappa shape index (κ3) is 2.38. The molecular formula is C19H16N4. The average molecular weight is 300 g/mol. The molecule has 23 heavy (non-hydrogen) atoms. The molecule has 0 bridgehead atoms. The minimum absolute atomic E-state index is 0.784. The van der Waals surface area contributed by atoms with Gasteiger partial charge in [-0.3, -0.25) is 4.98 Å². The van der Waals surface area contributed by atoms with E-state index in [-0.39, 0.29) is 0 Å². The van der Waals surface area contributed by atoms with Crippen molar-refractivity contribution in [1.82, 2.24) is 19.9 Å². The molecule has 0 aliphatic heterocycles. The van der Waals surface area contributed by atoms with E-state index >= 15 is 0 Å². The first-order chi connectivity index (χ1) is 11.2. The Morgan fingerprint density at radius 1 is 0.783 bits per heavy atom. The Hall–Kier alpha value is -3.01. The van der Waals surface area contributed by atoms with Crippen LogP contribution in [0.25, 0.3) is 33.9 Å². The van der Waals surface area contributed by atoms with Crippen LogP contribution in [0.4, 0.5) is 0 Å². The van der Waals surface area contributed by atoms with Crippen LogP contribution in [-0.2, 0) is 0 Å². The zero-order chi connectivity index (χ0) is 15.8. The number of hydrogen-bond acceptors (Lipinski definition) is 3. The lowest BCUT2D eigenvalue weighted by molar-refractivity contribution is 1.21. The summed E-state index contributed by atoms with van der Waals surface area (Å²) in [6.45, 7) is 4.21. The van der Waals surface area contributed by atoms with Gasteiger partial charge in [0.1, 0.15) is 5.69 Å². The van der Waals surface area contributed by atoms with Gasteiger partial charge in [0.05, 0.1) is 22.4 Å². The molecule has 112 valence electrons. The second-order valence-electron chi connectivity index (χ2n) is 5.61. The minimum Gasteiger partial charge on any atom is -0.336 e. The smallest absolute Gasteiger partial charge is 0.157 e. The van der Waals surface area contributed by atoms with Gasteiger partial charge in [0.25, 0.3) is 0 Å². The highest BCUT2D eigenvalue weighted by atomic mass is 15.0. The monoisotopic (exact) mass is 300 g/mol. The summed E-state index contributed by atoms with van der Waals surface area (Å²) in [5.41, 5.74) is 7.04. The van der Waals surface area contributed by atoms with Gasteiger partial charge in [0.2, 0.25) is 0 Å². The van der Waals surface area contributed by atoms with E-state index in [2.05, 4.69) is 34.9 Å². The van der Waals surface area contributed by atoms with Crippen molar-refractivity contribution in [2.75, 3.05) is 0 Å². The molecule has 0 atom stereocenters. The number of aromatic amines is 1. The normalized spacial score (nSPS) is 11.0. The van der Waals surface area contributed by atoms with Crippen molar-refractivity contribution in [3.05, 3.63) is 65.9 Å². The number of rotatable bonds is 2. The van der Waals surface area contributed by atoms with Crippen LogP contribution in [0.3, 0.4) is 0 Å². The summed E-state index contributed by atoms with van der Waals surface area (Å²) in [5, 5.41) is 0. The molecule has 0 saturated heterocycles. The fourth-order valence-corrected chi connectivity index (χ4v) is 2.66. The van der Waals surface area contributed by atoms with Crippen LogP contribution in [0.2, 0.25) is 0 Å². The number of pyridine rings is 2. The van der Waals surface area contributed by atoms with Crippen LogP contribution in [0.15, 0.2) is 54.7 Å². The van der Waals surface area contributed by atoms with Crippen LogP contribution in [0.1, 0.15) is 11.1 Å². The van der Waals surface area contributed by atoms with Gasteiger partial charge < -0.3 is 4.98 Å². The average Bonchev–Trinajstić information content (AvgIpc) is 3.04. The van der Waals surface area contributed by atoms with E-state index in [0.29, 0.717) is 0 Å². The number of H-pyrrole nitrogens is 1. The summed E-state index contributed by atoms with van der Waals surface area (Å²) in [6, 6.07) is 15.9. The van der Waals surface area contributed by atoms with Gasteiger partial charge in [-0.1, -0.05) is 18.2 Å². The van der Waals surface area contributed by atoms with Crippen molar-refractivity contribution in [2.24, 2.45) is 0 Å². The van der Waals surface area contributed by atoms with E-state index in [1.165, 1.54) is 11.1 Å². The van der Waals surface area contributed by atoms with Crippen molar-refractivity contribution in [2.45, 2.75) is 13.8 Å². The standard InChI is InChI=1S/C19H16N4/c1-12-9-10-16-18(13(12)2)23-19(22-16)17-8-5-7-15(21-17)14-6-3-4-11-20-14/h3-11H,1-2H3,(H,22,23). The molecule has 0 fully saturated rings. The molecule has 0 aliphatic carbocycles. The molecule has 0 saturated carbocycles. The highest BCUT2D eigenvalue weighted by molar-refractivity contribution is 5.83. The van der Waals surface area contributed by atoms with Crippen molar-refractivity contribution in [3.8, 4) is 22.9 Å². The molecule has 0 radical (unpaired) electrons. The highest BCUT2D eigenvalue weighted by Gasteiger charge is 2.10. The summed E-state index contributed by atoms with van der Waals surface area (Å²) in [7, 11) is 0. The number of nitrogens with zero attached hydrogens (tertiary/aromatic N) is 3. The van der Waals surface area contributed by atoms with Crippen LogP contribution in [0.5, 0.6) is 0 Å². The lowest BCUT2D eigenvalue weighted by Gasteiger charge is -2.02. The van der Waals surface area contributed by atoms with Crippen LogP contribution in [0, 0.1) is 13.8 Å². The summed E-state index contributed by atoms with van der Waals surface area (Å²) in [5.74, 6) is 0.784. The second kappa shape index (κ2) is 5.32. The van der Waals surface area contributed by atoms with Gasteiger partial charge in [-0.25, -0.2) is 9.97 Å². The van der Waals surface area contributed by atoms with Gasteiger partial charge >= 0.3 is 0 Å². The minimum atomic E-state index is 0.784. The summed E-state index contributed by atoms with van der Waals surface area (Å²) in [4.78, 5) is 17.2. The van der Waals surface area contributed by atoms with E-state index in [0.717, 1.165) is 33.9 Å². The Labute approximate surface area is 134 Å². The fraction of sp³-hybridized carbons (Fsp3) is 0.105. The first kappa shape index (κ1) is 13.6. The predicted octanol–water partition coefficient (Wildman–Crippen LogP) is 4.30. The lowest BCUT2D eigenvalue weighted by Crippen LogP contribution is -1.90. The van der Waals surface area contributed by atoms with Gasteiger partial charge in [-0.2, -0.15) is 0 Å². The molecule has 4 rings (SSSR count). The summed E-state index contributed by atoms with van der Waals surface area (Å²) < 4.78 is 0. The Balaban J connectivity index is 1.84. The third-order valence-corrected chi connectivity index (χ3v) is 4.11. The summed E-state index contributed by atoms with van der Waals surface area (Å²) in [6.07, 6.45) is 1.77. The first-order valence-electron chi connectivity index (χ1n) is 7.57. The molecule has 1 aromatic carbocycles. The molecule has 0 amide bonds. The van der Waals surface area contributed by atoms with Gasteiger partial charge in [0.15, 0.2) is 5.82 Å². The largest absolute Gasteiger partial charge is 0.336 e. The van der Waals surface area contributed by atoms with E-state index < -0.39 is 0 Å². The topological polar surface area (TPSA) is 54.5 Å². The van der Waals surface area contributed by atoms with Crippen molar-refractivity contribution < 1.29 is 0 Å². The Kier molecular flexibility index (Phi) is 3.15. The lowest BCUT2D eigenvalue weighted by atomic mass is 10.1. The van der Waals surface area contributed by atoms with Crippen LogP contribution >= 0.6 is 0 Å². The molecule has 0 spiro atoms. The zero-order valence-corrected chi connectivity index (χ0v) is 13.0. The van der Waals surface area contributed by atoms with Crippen molar-refractivity contribution >= 4 is 11.0 Å². The van der Waals surface area contributed by atoms with Crippen LogP contribution < -0.4 is 0 Å². The Morgan fingerprint density at radius 2 is 1.61 bits per heavy atom. The molecule has 3 aromatic heterocycles. The first-order valence-corrected chi connectivity index (χ1v) is 7.57. The Morgan fingerprint density at radius 3 is 2.43 bits per heavy atom. The molecule has 4 nitrogen and oxygen atoms in total. The number of aromatic nitrogens is 4. The quantitative estimate of drug-likeness (QED) is 0.600. The SMILES string of the molecule is Cc1ccc2nc(-c3cccc(-c4ccccn4)n3)[nH]c2c1C. The van der Waals surface area contributed by atoms with Crippen molar-refractivity contribution in [1.29, 1.82) is 0 Å². The molecule has 4 heteroatoms. The number of nitrogens with one attached hydrogen (secondary N) is 1. The van der Waals surface area contributed by atoms with E-state index in [1.54, 1.807) is 6.20 Å². The van der Waals surface area contributed by atoms with Gasteiger partial charge in [-0.15, -0.1) is 0 Å². The molecular weight excluding hydrogens is 284 g/mol. The molecule has 4 aromatic rings. The third-order valence-electron chi connectivity index (χ3n) is 4.11. The Bertz CT molecular complexity index is 987. The number of benzene rings is 1. The van der Waals surface area contributed by atoms with Crippen LogP contribution in [-0.4, -0.2) is 19.9 Å². The molecule has 0 unspecified atom stereocenters. The highest BCUT2D eigenvalue weighted by Crippen LogP contribution is 2.24. The number of imidazole rings is 1. The second-order valence-corrected chi connectivity index (χ2v) is 5.61.